The van der Waals surface area contributed by atoms with Gasteiger partial charge in [-0.2, -0.15) is 11.8 Å². The maximum absolute atomic E-state index is 11.9. The van der Waals surface area contributed by atoms with E-state index in [-0.39, 0.29) is 11.3 Å². The first-order valence-corrected chi connectivity index (χ1v) is 8.42. The Morgan fingerprint density at radius 3 is 2.80 bits per heavy atom. The molecule has 3 nitrogen and oxygen atoms in total. The van der Waals surface area contributed by atoms with Gasteiger partial charge in [0, 0.05) is 17.0 Å². The minimum atomic E-state index is -0.433. The Balaban J connectivity index is 2.57. The van der Waals surface area contributed by atoms with E-state index in [1.807, 2.05) is 30.5 Å². The third-order valence-corrected chi connectivity index (χ3v) is 4.16. The predicted octanol–water partition coefficient (Wildman–Crippen LogP) is 2.81. The van der Waals surface area contributed by atoms with Gasteiger partial charge in [0.1, 0.15) is 0 Å². The second-order valence-electron chi connectivity index (χ2n) is 5.50. The van der Waals surface area contributed by atoms with Crippen LogP contribution in [0.25, 0.3) is 0 Å². The van der Waals surface area contributed by atoms with E-state index in [1.54, 1.807) is 11.8 Å². The molecule has 0 saturated carbocycles. The van der Waals surface area contributed by atoms with Crippen LogP contribution in [0, 0.1) is 0 Å². The van der Waals surface area contributed by atoms with Gasteiger partial charge >= 0.3 is 0 Å². The van der Waals surface area contributed by atoms with Crippen molar-refractivity contribution in [3.63, 3.8) is 0 Å². The molecule has 0 aliphatic carbocycles. The summed E-state index contributed by atoms with van der Waals surface area (Å²) in [5, 5.41) is 3.64. The summed E-state index contributed by atoms with van der Waals surface area (Å²) in [4.78, 5) is 11.9. The van der Waals surface area contributed by atoms with Gasteiger partial charge in [-0.15, -0.1) is 0 Å². The number of nitrogens with two attached hydrogens (primary N) is 1. The first kappa shape index (κ1) is 17.3. The molecule has 0 radical (unpaired) electrons. The molecule has 0 heterocycles. The maximum atomic E-state index is 11.9. The third kappa shape index (κ3) is 5.35. The second kappa shape index (κ2) is 7.91. The number of benzene rings is 1. The fraction of sp³-hybridized carbons (Fsp3) is 0.533. The number of amides is 1. The quantitative estimate of drug-likeness (QED) is 0.813. The summed E-state index contributed by atoms with van der Waals surface area (Å²) in [6.07, 6.45) is 2.71. The van der Waals surface area contributed by atoms with Crippen molar-refractivity contribution in [3.8, 4) is 0 Å². The van der Waals surface area contributed by atoms with Crippen LogP contribution in [0.15, 0.2) is 24.3 Å². The summed E-state index contributed by atoms with van der Waals surface area (Å²) in [7, 11) is 0. The SMILES string of the molecule is CSCC[C@H](N)C(=O)NCC(C)(C)c1cccc(Cl)c1. The van der Waals surface area contributed by atoms with Gasteiger partial charge in [0.25, 0.3) is 0 Å². The van der Waals surface area contributed by atoms with Crippen LogP contribution in [0.1, 0.15) is 25.8 Å². The van der Waals surface area contributed by atoms with Crippen LogP contribution in [-0.2, 0) is 10.2 Å². The highest BCUT2D eigenvalue weighted by Crippen LogP contribution is 2.24. The van der Waals surface area contributed by atoms with E-state index in [0.29, 0.717) is 18.0 Å². The van der Waals surface area contributed by atoms with Crippen molar-refractivity contribution in [2.45, 2.75) is 31.7 Å². The summed E-state index contributed by atoms with van der Waals surface area (Å²) in [6, 6.07) is 7.29. The Kier molecular flexibility index (Phi) is 6.86. The molecule has 1 atom stereocenters. The molecule has 20 heavy (non-hydrogen) atoms. The van der Waals surface area contributed by atoms with Crippen molar-refractivity contribution in [1.29, 1.82) is 0 Å². The van der Waals surface area contributed by atoms with E-state index in [4.69, 9.17) is 17.3 Å². The van der Waals surface area contributed by atoms with Gasteiger partial charge in [-0.3, -0.25) is 4.79 Å². The molecule has 0 unspecified atom stereocenters. The summed E-state index contributed by atoms with van der Waals surface area (Å²) in [6.45, 7) is 4.69. The standard InChI is InChI=1S/C15H23ClN2OS/c1-15(2,11-5-4-6-12(16)9-11)10-18-14(19)13(17)7-8-20-3/h4-6,9,13H,7-8,10,17H2,1-3H3,(H,18,19)/t13-/m0/s1. The third-order valence-electron chi connectivity index (χ3n) is 3.28. The Morgan fingerprint density at radius 1 is 1.50 bits per heavy atom. The van der Waals surface area contributed by atoms with Crippen molar-refractivity contribution >= 4 is 29.3 Å². The van der Waals surface area contributed by atoms with E-state index < -0.39 is 6.04 Å². The molecule has 0 spiro atoms. The largest absolute Gasteiger partial charge is 0.354 e. The van der Waals surface area contributed by atoms with Crippen LogP contribution in [0.5, 0.6) is 0 Å². The number of carbonyl (C=O) groups excluding carboxylic acids is 1. The number of hydrogen-bond acceptors (Lipinski definition) is 3. The zero-order valence-corrected chi connectivity index (χ0v) is 13.9. The summed E-state index contributed by atoms with van der Waals surface area (Å²) < 4.78 is 0. The lowest BCUT2D eigenvalue weighted by molar-refractivity contribution is -0.122. The van der Waals surface area contributed by atoms with E-state index in [0.717, 1.165) is 11.3 Å². The minimum Gasteiger partial charge on any atom is -0.354 e. The van der Waals surface area contributed by atoms with Crippen molar-refractivity contribution in [1.82, 2.24) is 5.32 Å². The van der Waals surface area contributed by atoms with Crippen LogP contribution in [-0.4, -0.2) is 30.5 Å². The molecule has 112 valence electrons. The smallest absolute Gasteiger partial charge is 0.236 e. The Labute approximate surface area is 130 Å². The normalized spacial score (nSPS) is 13.1. The molecule has 3 N–H and O–H groups in total. The molecule has 1 aromatic carbocycles. The fourth-order valence-electron chi connectivity index (χ4n) is 1.83. The molecule has 0 aliphatic heterocycles. The average molecular weight is 315 g/mol. The molecule has 0 bridgehead atoms. The number of rotatable bonds is 7. The topological polar surface area (TPSA) is 55.1 Å². The number of hydrogen-bond donors (Lipinski definition) is 2. The first-order valence-electron chi connectivity index (χ1n) is 6.65. The molecular formula is C15H23ClN2OS. The first-order chi connectivity index (χ1) is 9.36. The van der Waals surface area contributed by atoms with Crippen LogP contribution >= 0.6 is 23.4 Å². The van der Waals surface area contributed by atoms with E-state index in [1.165, 1.54) is 0 Å². The molecule has 0 aromatic heterocycles. The van der Waals surface area contributed by atoms with Gasteiger partial charge < -0.3 is 11.1 Å². The lowest BCUT2D eigenvalue weighted by Gasteiger charge is -2.26. The molecule has 0 aliphatic rings. The van der Waals surface area contributed by atoms with Crippen LogP contribution in [0.2, 0.25) is 5.02 Å². The highest BCUT2D eigenvalue weighted by atomic mass is 35.5. The molecule has 1 amide bonds. The second-order valence-corrected chi connectivity index (χ2v) is 6.92. The van der Waals surface area contributed by atoms with Crippen LogP contribution in [0.3, 0.4) is 0 Å². The Bertz CT molecular complexity index is 451. The fourth-order valence-corrected chi connectivity index (χ4v) is 2.51. The highest BCUT2D eigenvalue weighted by Gasteiger charge is 2.23. The van der Waals surface area contributed by atoms with E-state index >= 15 is 0 Å². The van der Waals surface area contributed by atoms with Gasteiger partial charge in [0.2, 0.25) is 5.91 Å². The van der Waals surface area contributed by atoms with Crippen molar-refractivity contribution in [3.05, 3.63) is 34.9 Å². The van der Waals surface area contributed by atoms with E-state index in [9.17, 15) is 4.79 Å². The summed E-state index contributed by atoms with van der Waals surface area (Å²) >= 11 is 7.71. The minimum absolute atomic E-state index is 0.0887. The number of thioether (sulfide) groups is 1. The molecular weight excluding hydrogens is 292 g/mol. The predicted molar refractivity (Wildman–Crippen MR) is 88.5 cm³/mol. The maximum Gasteiger partial charge on any atom is 0.236 e. The van der Waals surface area contributed by atoms with Gasteiger partial charge in [-0.05, 0) is 36.1 Å². The zero-order chi connectivity index (χ0) is 15.2. The van der Waals surface area contributed by atoms with Crippen molar-refractivity contribution in [2.24, 2.45) is 5.73 Å². The van der Waals surface area contributed by atoms with Crippen LogP contribution < -0.4 is 11.1 Å². The lowest BCUT2D eigenvalue weighted by atomic mass is 9.84. The van der Waals surface area contributed by atoms with Gasteiger partial charge in [0.05, 0.1) is 6.04 Å². The molecule has 1 aromatic rings. The summed E-state index contributed by atoms with van der Waals surface area (Å²) in [5.74, 6) is 0.806. The molecule has 5 heteroatoms. The van der Waals surface area contributed by atoms with Crippen molar-refractivity contribution in [2.75, 3.05) is 18.6 Å². The van der Waals surface area contributed by atoms with E-state index in [2.05, 4.69) is 19.2 Å². The number of carbonyl (C=O) groups is 1. The zero-order valence-electron chi connectivity index (χ0n) is 12.3. The molecule has 0 saturated heterocycles. The number of nitrogens with one attached hydrogen (secondary N) is 1. The Hall–Kier alpha value is -0.710. The van der Waals surface area contributed by atoms with Gasteiger partial charge in [0.15, 0.2) is 0 Å². The van der Waals surface area contributed by atoms with Crippen molar-refractivity contribution < 1.29 is 4.79 Å². The van der Waals surface area contributed by atoms with Crippen LogP contribution in [0.4, 0.5) is 0 Å². The average Bonchev–Trinajstić information content (AvgIpc) is 2.42. The van der Waals surface area contributed by atoms with Gasteiger partial charge in [-0.25, -0.2) is 0 Å². The lowest BCUT2D eigenvalue weighted by Crippen LogP contribution is -2.45. The monoisotopic (exact) mass is 314 g/mol. The highest BCUT2D eigenvalue weighted by molar-refractivity contribution is 7.98. The number of halogens is 1. The molecule has 0 fully saturated rings. The Morgan fingerprint density at radius 2 is 2.20 bits per heavy atom. The molecule has 1 rings (SSSR count). The van der Waals surface area contributed by atoms with Gasteiger partial charge in [-0.1, -0.05) is 37.6 Å². The summed E-state index contributed by atoms with van der Waals surface area (Å²) in [5.41, 5.74) is 6.77.